The fourth-order valence-electron chi connectivity index (χ4n) is 2.99. The molecule has 114 valence electrons. The normalized spacial score (nSPS) is 18.6. The third kappa shape index (κ3) is 8.96. The van der Waals surface area contributed by atoms with Crippen molar-refractivity contribution < 1.29 is 4.48 Å². The van der Waals surface area contributed by atoms with E-state index in [1.165, 1.54) is 99.8 Å². The highest BCUT2D eigenvalue weighted by molar-refractivity contribution is 7.99. The Kier molecular flexibility index (Phi) is 10.1. The molecular formula is C17H36NS+. The molecule has 2 heteroatoms. The molecule has 0 N–H and O–H groups in total. The first-order valence-corrected chi connectivity index (χ1v) is 9.84. The molecular weight excluding hydrogens is 250 g/mol. The maximum absolute atomic E-state index is 2.47. The molecule has 0 amide bonds. The number of hydrogen-bond acceptors (Lipinski definition) is 1. The Morgan fingerprint density at radius 1 is 0.737 bits per heavy atom. The number of rotatable bonds is 11. The van der Waals surface area contributed by atoms with Gasteiger partial charge in [0, 0.05) is 11.5 Å². The molecule has 0 aromatic heterocycles. The van der Waals surface area contributed by atoms with Crippen LogP contribution in [0.15, 0.2) is 0 Å². The molecule has 1 rings (SSSR count). The number of quaternary nitrogens is 1. The van der Waals surface area contributed by atoms with E-state index in [-0.39, 0.29) is 0 Å². The molecule has 0 atom stereocenters. The van der Waals surface area contributed by atoms with Crippen LogP contribution < -0.4 is 0 Å². The topological polar surface area (TPSA) is 0 Å². The van der Waals surface area contributed by atoms with Crippen LogP contribution in [0.4, 0.5) is 0 Å². The van der Waals surface area contributed by atoms with Gasteiger partial charge >= 0.3 is 0 Å². The standard InChI is InChI=1S/C17H36NS/c1-3-4-5-6-7-8-9-10-11-12-13-18(2)14-16-19-17-15-18/h3-17H2,1-2H3/q+1. The molecule has 0 aromatic rings. The van der Waals surface area contributed by atoms with Crippen LogP contribution in [0.2, 0.25) is 0 Å². The van der Waals surface area contributed by atoms with Crippen molar-refractivity contribution in [2.24, 2.45) is 0 Å². The van der Waals surface area contributed by atoms with Gasteiger partial charge in [-0.1, -0.05) is 58.3 Å². The molecule has 1 saturated heterocycles. The summed E-state index contributed by atoms with van der Waals surface area (Å²) in [5.41, 5.74) is 0. The number of thioether (sulfide) groups is 1. The highest BCUT2D eigenvalue weighted by Crippen LogP contribution is 2.17. The second kappa shape index (κ2) is 11.0. The number of unbranched alkanes of at least 4 members (excludes halogenated alkanes) is 9. The highest BCUT2D eigenvalue weighted by Gasteiger charge is 2.23. The molecule has 0 bridgehead atoms. The summed E-state index contributed by atoms with van der Waals surface area (Å²) >= 11 is 2.14. The van der Waals surface area contributed by atoms with Gasteiger partial charge in [-0.25, -0.2) is 0 Å². The predicted octanol–water partition coefficient (Wildman–Crippen LogP) is 5.10. The van der Waals surface area contributed by atoms with Gasteiger partial charge in [0.25, 0.3) is 0 Å². The van der Waals surface area contributed by atoms with E-state index in [4.69, 9.17) is 0 Å². The molecule has 19 heavy (non-hydrogen) atoms. The fourth-order valence-corrected chi connectivity index (χ4v) is 4.33. The third-order valence-electron chi connectivity index (χ3n) is 4.60. The molecule has 0 saturated carbocycles. The summed E-state index contributed by atoms with van der Waals surface area (Å²) < 4.78 is 1.35. The lowest BCUT2D eigenvalue weighted by atomic mass is 10.1. The van der Waals surface area contributed by atoms with Crippen molar-refractivity contribution in [1.29, 1.82) is 0 Å². The van der Waals surface area contributed by atoms with Crippen molar-refractivity contribution in [2.45, 2.75) is 71.1 Å². The molecule has 0 spiro atoms. The van der Waals surface area contributed by atoms with E-state index in [2.05, 4.69) is 25.7 Å². The minimum Gasteiger partial charge on any atom is -0.325 e. The Labute approximate surface area is 126 Å². The molecule has 0 radical (unpaired) electrons. The van der Waals surface area contributed by atoms with E-state index in [9.17, 15) is 0 Å². The van der Waals surface area contributed by atoms with Crippen molar-refractivity contribution in [3.63, 3.8) is 0 Å². The van der Waals surface area contributed by atoms with Crippen LogP contribution in [0.3, 0.4) is 0 Å². The average molecular weight is 287 g/mol. The van der Waals surface area contributed by atoms with E-state index in [1.54, 1.807) is 0 Å². The summed E-state index contributed by atoms with van der Waals surface area (Å²) in [6.07, 6.45) is 14.6. The summed E-state index contributed by atoms with van der Waals surface area (Å²) in [7, 11) is 2.47. The Balaban J connectivity index is 1.83. The summed E-state index contributed by atoms with van der Waals surface area (Å²) in [6, 6.07) is 0. The number of hydrogen-bond donors (Lipinski definition) is 0. The zero-order chi connectivity index (χ0) is 13.8. The lowest BCUT2D eigenvalue weighted by Gasteiger charge is -2.37. The minimum absolute atomic E-state index is 1.35. The average Bonchev–Trinajstić information content (AvgIpc) is 2.42. The second-order valence-corrected chi connectivity index (χ2v) is 7.81. The molecule has 1 aliphatic rings. The van der Waals surface area contributed by atoms with Gasteiger partial charge in [0.15, 0.2) is 0 Å². The van der Waals surface area contributed by atoms with Gasteiger partial charge in [0.1, 0.15) is 0 Å². The zero-order valence-electron chi connectivity index (χ0n) is 13.5. The lowest BCUT2D eigenvalue weighted by molar-refractivity contribution is -0.906. The molecule has 0 aliphatic carbocycles. The fraction of sp³-hybridized carbons (Fsp3) is 1.00. The van der Waals surface area contributed by atoms with E-state index >= 15 is 0 Å². The maximum atomic E-state index is 2.47. The van der Waals surface area contributed by atoms with Crippen LogP contribution in [0.25, 0.3) is 0 Å². The van der Waals surface area contributed by atoms with Gasteiger partial charge in [-0.3, -0.25) is 0 Å². The van der Waals surface area contributed by atoms with Crippen LogP contribution in [0, 0.1) is 0 Å². The summed E-state index contributed by atoms with van der Waals surface area (Å²) in [4.78, 5) is 0. The van der Waals surface area contributed by atoms with Crippen molar-refractivity contribution >= 4 is 11.8 Å². The van der Waals surface area contributed by atoms with Crippen LogP contribution in [0.1, 0.15) is 71.1 Å². The summed E-state index contributed by atoms with van der Waals surface area (Å²) in [5, 5.41) is 0. The minimum atomic E-state index is 1.35. The molecule has 1 heterocycles. The largest absolute Gasteiger partial charge is 0.325 e. The van der Waals surface area contributed by atoms with Crippen molar-refractivity contribution in [3.05, 3.63) is 0 Å². The monoisotopic (exact) mass is 286 g/mol. The molecule has 1 aliphatic heterocycles. The lowest BCUT2D eigenvalue weighted by Crippen LogP contribution is -2.50. The van der Waals surface area contributed by atoms with Crippen LogP contribution in [0.5, 0.6) is 0 Å². The molecule has 0 unspecified atom stereocenters. The Hall–Kier alpha value is 0.310. The first-order valence-electron chi connectivity index (χ1n) is 8.68. The van der Waals surface area contributed by atoms with Crippen LogP contribution >= 0.6 is 11.8 Å². The van der Waals surface area contributed by atoms with Gasteiger partial charge in [-0.05, 0) is 12.8 Å². The SMILES string of the molecule is CCCCCCCCCCCC[N+]1(C)CCSCC1. The molecule has 1 nitrogen and oxygen atoms in total. The molecule has 0 aromatic carbocycles. The zero-order valence-corrected chi connectivity index (χ0v) is 14.3. The van der Waals surface area contributed by atoms with E-state index in [1.807, 2.05) is 0 Å². The van der Waals surface area contributed by atoms with Gasteiger partial charge in [-0.2, -0.15) is 11.8 Å². The van der Waals surface area contributed by atoms with E-state index in [0.717, 1.165) is 0 Å². The van der Waals surface area contributed by atoms with Gasteiger partial charge in [0.05, 0.1) is 26.7 Å². The Morgan fingerprint density at radius 3 is 1.74 bits per heavy atom. The predicted molar refractivity (Wildman–Crippen MR) is 90.0 cm³/mol. The van der Waals surface area contributed by atoms with Crippen molar-refractivity contribution in [3.8, 4) is 0 Å². The van der Waals surface area contributed by atoms with Crippen LogP contribution in [-0.4, -0.2) is 42.7 Å². The number of nitrogens with zero attached hydrogens (tertiary/aromatic N) is 1. The van der Waals surface area contributed by atoms with E-state index in [0.29, 0.717) is 0 Å². The maximum Gasteiger partial charge on any atom is 0.0876 e. The second-order valence-electron chi connectivity index (χ2n) is 6.58. The van der Waals surface area contributed by atoms with Crippen LogP contribution in [-0.2, 0) is 0 Å². The van der Waals surface area contributed by atoms with Gasteiger partial charge in [0.2, 0.25) is 0 Å². The third-order valence-corrected chi connectivity index (χ3v) is 5.54. The van der Waals surface area contributed by atoms with Crippen molar-refractivity contribution in [1.82, 2.24) is 0 Å². The Morgan fingerprint density at radius 2 is 1.21 bits per heavy atom. The van der Waals surface area contributed by atoms with Gasteiger partial charge < -0.3 is 4.48 Å². The first-order chi connectivity index (χ1) is 9.27. The highest BCUT2D eigenvalue weighted by atomic mass is 32.2. The smallest absolute Gasteiger partial charge is 0.0876 e. The van der Waals surface area contributed by atoms with Crippen molar-refractivity contribution in [2.75, 3.05) is 38.2 Å². The van der Waals surface area contributed by atoms with E-state index < -0.39 is 0 Å². The summed E-state index contributed by atoms with van der Waals surface area (Å²) in [5.74, 6) is 2.77. The Bertz CT molecular complexity index is 199. The first kappa shape index (κ1) is 17.4. The van der Waals surface area contributed by atoms with Gasteiger partial charge in [-0.15, -0.1) is 0 Å². The quantitative estimate of drug-likeness (QED) is 0.376. The summed E-state index contributed by atoms with van der Waals surface area (Å²) in [6.45, 7) is 6.53. The molecule has 1 fully saturated rings.